The molecule has 0 bridgehead atoms. The van der Waals surface area contributed by atoms with Crippen LogP contribution in [0.4, 0.5) is 0 Å². The third-order valence-electron chi connectivity index (χ3n) is 6.91. The first-order valence-corrected chi connectivity index (χ1v) is 14.2. The summed E-state index contributed by atoms with van der Waals surface area (Å²) in [6.45, 7) is 4.22. The van der Waals surface area contributed by atoms with Crippen molar-refractivity contribution in [2.75, 3.05) is 27.3 Å². The predicted molar refractivity (Wildman–Crippen MR) is 149 cm³/mol. The number of carbonyl (C=O) groups is 1. The van der Waals surface area contributed by atoms with E-state index in [2.05, 4.69) is 16.7 Å². The van der Waals surface area contributed by atoms with Gasteiger partial charge in [0.1, 0.15) is 12.6 Å². The van der Waals surface area contributed by atoms with Crippen LogP contribution in [0.15, 0.2) is 82.7 Å². The van der Waals surface area contributed by atoms with Crippen molar-refractivity contribution in [1.82, 2.24) is 19.3 Å². The number of methoxy groups -OCH3 is 2. The first-order chi connectivity index (χ1) is 19.3. The van der Waals surface area contributed by atoms with Crippen molar-refractivity contribution in [1.29, 1.82) is 0 Å². The summed E-state index contributed by atoms with van der Waals surface area (Å²) in [6, 6.07) is 17.0. The fraction of sp³-hybridized carbons (Fsp3) is 0.276. The molecule has 40 heavy (non-hydrogen) atoms. The molecule has 11 heteroatoms. The summed E-state index contributed by atoms with van der Waals surface area (Å²) in [5.74, 6) is 1.28. The van der Waals surface area contributed by atoms with Crippen LogP contribution in [0, 0.1) is 0 Å². The smallest absolute Gasteiger partial charge is 0.246 e. The maximum absolute atomic E-state index is 13.7. The van der Waals surface area contributed by atoms with Crippen LogP contribution in [-0.4, -0.2) is 67.0 Å². The van der Waals surface area contributed by atoms with E-state index in [4.69, 9.17) is 14.0 Å². The van der Waals surface area contributed by atoms with Gasteiger partial charge in [0, 0.05) is 18.7 Å². The zero-order chi connectivity index (χ0) is 28.3. The molecular formula is C29H30N4O6S. The lowest BCUT2D eigenvalue weighted by Gasteiger charge is -2.28. The van der Waals surface area contributed by atoms with Gasteiger partial charge in [0.15, 0.2) is 11.5 Å². The fourth-order valence-electron chi connectivity index (χ4n) is 4.91. The number of benzene rings is 3. The Morgan fingerprint density at radius 1 is 1.10 bits per heavy atom. The Morgan fingerprint density at radius 2 is 1.88 bits per heavy atom. The molecule has 1 atom stereocenters. The van der Waals surface area contributed by atoms with Gasteiger partial charge in [0.05, 0.1) is 19.1 Å². The van der Waals surface area contributed by atoms with Crippen LogP contribution < -0.4 is 9.47 Å². The van der Waals surface area contributed by atoms with Crippen molar-refractivity contribution in [3.05, 3.63) is 79.2 Å². The highest BCUT2D eigenvalue weighted by molar-refractivity contribution is 7.89. The molecule has 1 fully saturated rings. The third-order valence-corrected chi connectivity index (χ3v) is 8.82. The van der Waals surface area contributed by atoms with E-state index in [0.29, 0.717) is 35.7 Å². The first kappa shape index (κ1) is 27.4. The van der Waals surface area contributed by atoms with E-state index >= 15 is 0 Å². The highest BCUT2D eigenvalue weighted by Crippen LogP contribution is 2.32. The molecule has 0 radical (unpaired) electrons. The van der Waals surface area contributed by atoms with Crippen LogP contribution in [0.1, 0.15) is 18.7 Å². The van der Waals surface area contributed by atoms with Crippen molar-refractivity contribution in [2.45, 2.75) is 30.3 Å². The lowest BCUT2D eigenvalue weighted by Crippen LogP contribution is -2.47. The molecule has 10 nitrogen and oxygen atoms in total. The Morgan fingerprint density at radius 3 is 2.62 bits per heavy atom. The molecule has 0 aliphatic carbocycles. The standard InChI is InChI=1S/C29H30N4O6S/c1-4-15-32(19-27-30-28(31-39-27)22-12-14-25(37-2)26(18-22)38-3)29(34)24-10-7-16-33(24)40(35,36)23-13-11-20-8-5-6-9-21(20)17-23/h4-6,8-9,11-14,17-18,24H,1,7,10,15-16,19H2,2-3H3/t24-/m0/s1. The highest BCUT2D eigenvalue weighted by atomic mass is 32.2. The molecule has 1 aliphatic heterocycles. The van der Waals surface area contributed by atoms with Gasteiger partial charge in [0.2, 0.25) is 27.6 Å². The molecule has 1 aromatic heterocycles. The second-order valence-corrected chi connectivity index (χ2v) is 11.3. The summed E-state index contributed by atoms with van der Waals surface area (Å²) in [7, 11) is -0.818. The van der Waals surface area contributed by atoms with Crippen molar-refractivity contribution in [3.8, 4) is 22.9 Å². The van der Waals surface area contributed by atoms with Crippen molar-refractivity contribution in [2.24, 2.45) is 0 Å². The number of sulfonamides is 1. The molecule has 4 aromatic rings. The molecule has 3 aromatic carbocycles. The normalized spacial score (nSPS) is 15.7. The summed E-state index contributed by atoms with van der Waals surface area (Å²) in [5.41, 5.74) is 0.651. The number of rotatable bonds is 10. The average Bonchev–Trinajstić information content (AvgIpc) is 3.67. The maximum Gasteiger partial charge on any atom is 0.246 e. The van der Waals surface area contributed by atoms with Gasteiger partial charge in [-0.2, -0.15) is 9.29 Å². The summed E-state index contributed by atoms with van der Waals surface area (Å²) >= 11 is 0. The highest BCUT2D eigenvalue weighted by Gasteiger charge is 2.41. The second-order valence-electron chi connectivity index (χ2n) is 9.37. The van der Waals surface area contributed by atoms with Crippen LogP contribution in [0.3, 0.4) is 0 Å². The number of amides is 1. The van der Waals surface area contributed by atoms with E-state index in [1.165, 1.54) is 16.3 Å². The van der Waals surface area contributed by atoms with E-state index in [1.807, 2.05) is 24.3 Å². The number of fused-ring (bicyclic) bond motifs is 1. The molecule has 5 rings (SSSR count). The topological polar surface area (TPSA) is 115 Å². The van der Waals surface area contributed by atoms with Crippen molar-refractivity contribution < 1.29 is 27.2 Å². The zero-order valence-corrected chi connectivity index (χ0v) is 23.1. The van der Waals surface area contributed by atoms with Crippen molar-refractivity contribution in [3.63, 3.8) is 0 Å². The summed E-state index contributed by atoms with van der Waals surface area (Å²) in [6.07, 6.45) is 2.58. The molecule has 2 heterocycles. The summed E-state index contributed by atoms with van der Waals surface area (Å²) in [5, 5.41) is 5.82. The molecule has 1 aliphatic rings. The number of nitrogens with zero attached hydrogens (tertiary/aromatic N) is 4. The van der Waals surface area contributed by atoms with E-state index in [0.717, 1.165) is 10.8 Å². The van der Waals surface area contributed by atoms with Crippen LogP contribution >= 0.6 is 0 Å². The summed E-state index contributed by atoms with van der Waals surface area (Å²) < 4.78 is 44.7. The lowest BCUT2D eigenvalue weighted by atomic mass is 10.1. The Balaban J connectivity index is 1.36. The van der Waals surface area contributed by atoms with Gasteiger partial charge in [-0.1, -0.05) is 41.6 Å². The molecule has 0 spiro atoms. The first-order valence-electron chi connectivity index (χ1n) is 12.8. The predicted octanol–water partition coefficient (Wildman–Crippen LogP) is 4.27. The van der Waals surface area contributed by atoms with Gasteiger partial charge in [-0.25, -0.2) is 8.42 Å². The number of hydrogen-bond donors (Lipinski definition) is 0. The molecule has 0 N–H and O–H groups in total. The minimum Gasteiger partial charge on any atom is -0.493 e. The van der Waals surface area contributed by atoms with Crippen LogP contribution in [0.25, 0.3) is 22.2 Å². The monoisotopic (exact) mass is 562 g/mol. The molecule has 0 unspecified atom stereocenters. The molecule has 0 saturated carbocycles. The van der Waals surface area contributed by atoms with Gasteiger partial charge in [-0.3, -0.25) is 4.79 Å². The van der Waals surface area contributed by atoms with E-state index in [9.17, 15) is 13.2 Å². The zero-order valence-electron chi connectivity index (χ0n) is 22.3. The van der Waals surface area contributed by atoms with Crippen LogP contribution in [-0.2, 0) is 21.4 Å². The van der Waals surface area contributed by atoms with Crippen LogP contribution in [0.2, 0.25) is 0 Å². The van der Waals surface area contributed by atoms with E-state index < -0.39 is 16.1 Å². The van der Waals surface area contributed by atoms with E-state index in [1.54, 1.807) is 49.6 Å². The Bertz CT molecular complexity index is 1650. The average molecular weight is 563 g/mol. The number of aromatic nitrogens is 2. The third kappa shape index (κ3) is 5.30. The molecule has 1 saturated heterocycles. The molecular weight excluding hydrogens is 532 g/mol. The minimum atomic E-state index is -3.90. The fourth-order valence-corrected chi connectivity index (χ4v) is 6.60. The number of hydrogen-bond acceptors (Lipinski definition) is 8. The maximum atomic E-state index is 13.7. The van der Waals surface area contributed by atoms with Gasteiger partial charge in [0.25, 0.3) is 0 Å². The second kappa shape index (κ2) is 11.5. The van der Waals surface area contributed by atoms with Gasteiger partial charge in [-0.15, -0.1) is 6.58 Å². The lowest BCUT2D eigenvalue weighted by molar-refractivity contribution is -0.135. The van der Waals surface area contributed by atoms with Gasteiger partial charge < -0.3 is 18.9 Å². The number of ether oxygens (including phenoxy) is 2. The molecule has 208 valence electrons. The Labute approximate surface area is 232 Å². The van der Waals surface area contributed by atoms with Gasteiger partial charge >= 0.3 is 0 Å². The van der Waals surface area contributed by atoms with Crippen LogP contribution in [0.5, 0.6) is 11.5 Å². The SMILES string of the molecule is C=CCN(Cc1nc(-c2ccc(OC)c(OC)c2)no1)C(=O)[C@@H]1CCCN1S(=O)(=O)c1ccc2ccccc2c1. The summed E-state index contributed by atoms with van der Waals surface area (Å²) in [4.78, 5) is 19.8. The van der Waals surface area contributed by atoms with Crippen molar-refractivity contribution >= 4 is 26.7 Å². The molecule has 1 amide bonds. The van der Waals surface area contributed by atoms with Gasteiger partial charge in [-0.05, 0) is 53.9 Å². The quantitative estimate of drug-likeness (QED) is 0.263. The Hall–Kier alpha value is -4.22. The Kier molecular flexibility index (Phi) is 7.85. The number of carbonyl (C=O) groups excluding carboxylic acids is 1. The largest absolute Gasteiger partial charge is 0.493 e. The van der Waals surface area contributed by atoms with E-state index in [-0.39, 0.29) is 36.3 Å². The minimum absolute atomic E-state index is 0.00546.